The van der Waals surface area contributed by atoms with Gasteiger partial charge in [0.25, 0.3) is 0 Å². The molecule has 1 aromatic carbocycles. The highest BCUT2D eigenvalue weighted by Crippen LogP contribution is 2.25. The fraction of sp³-hybridized carbons (Fsp3) is 0.588. The van der Waals surface area contributed by atoms with E-state index < -0.39 is 0 Å². The van der Waals surface area contributed by atoms with Crippen molar-refractivity contribution in [3.63, 3.8) is 0 Å². The number of nitrogens with two attached hydrogens (primary N) is 1. The van der Waals surface area contributed by atoms with Crippen LogP contribution in [-0.2, 0) is 4.79 Å². The fourth-order valence-electron chi connectivity index (χ4n) is 2.38. The van der Waals surface area contributed by atoms with Gasteiger partial charge < -0.3 is 10.6 Å². The van der Waals surface area contributed by atoms with Crippen molar-refractivity contribution < 1.29 is 4.79 Å². The zero-order valence-corrected chi connectivity index (χ0v) is 13.2. The van der Waals surface area contributed by atoms with E-state index in [4.69, 9.17) is 5.73 Å². The molecule has 1 rings (SSSR count). The first-order valence-corrected chi connectivity index (χ1v) is 7.45. The number of amides is 1. The Bertz CT molecular complexity index is 427. The first-order chi connectivity index (χ1) is 9.41. The molecule has 0 saturated carbocycles. The number of hydrogen-bond acceptors (Lipinski definition) is 2. The monoisotopic (exact) mass is 276 g/mol. The van der Waals surface area contributed by atoms with Gasteiger partial charge in [-0.2, -0.15) is 0 Å². The van der Waals surface area contributed by atoms with Gasteiger partial charge in [0.05, 0.1) is 5.92 Å². The van der Waals surface area contributed by atoms with E-state index in [1.807, 2.05) is 12.1 Å². The number of unbranched alkanes of at least 4 members (excludes halogenated alkanes) is 1. The summed E-state index contributed by atoms with van der Waals surface area (Å²) < 4.78 is 0. The van der Waals surface area contributed by atoms with Gasteiger partial charge in [-0.1, -0.05) is 44.5 Å². The lowest BCUT2D eigenvalue weighted by Crippen LogP contribution is -2.22. The molecule has 3 heteroatoms. The molecule has 0 bridgehead atoms. The lowest BCUT2D eigenvalue weighted by atomic mass is 9.90. The molecule has 0 saturated heterocycles. The number of rotatable bonds is 8. The van der Waals surface area contributed by atoms with Crippen molar-refractivity contribution in [1.29, 1.82) is 0 Å². The topological polar surface area (TPSA) is 46.3 Å². The molecule has 3 nitrogen and oxygen atoms in total. The third kappa shape index (κ3) is 5.33. The van der Waals surface area contributed by atoms with E-state index in [1.165, 1.54) is 5.56 Å². The van der Waals surface area contributed by atoms with Gasteiger partial charge in [-0.15, -0.1) is 0 Å². The number of primary amides is 1. The Morgan fingerprint density at radius 2 is 1.85 bits per heavy atom. The van der Waals surface area contributed by atoms with Gasteiger partial charge in [-0.3, -0.25) is 4.79 Å². The molecule has 0 spiro atoms. The lowest BCUT2D eigenvalue weighted by molar-refractivity contribution is -0.119. The summed E-state index contributed by atoms with van der Waals surface area (Å²) in [5.74, 6) is 0.101. The van der Waals surface area contributed by atoms with E-state index in [0.29, 0.717) is 5.92 Å². The van der Waals surface area contributed by atoms with E-state index in [1.54, 1.807) is 0 Å². The first-order valence-electron chi connectivity index (χ1n) is 7.45. The van der Waals surface area contributed by atoms with Crippen molar-refractivity contribution in [2.45, 2.75) is 44.9 Å². The van der Waals surface area contributed by atoms with Gasteiger partial charge in [0.2, 0.25) is 5.91 Å². The second-order valence-corrected chi connectivity index (χ2v) is 6.08. The number of carbonyl (C=O) groups excluding carboxylic acids is 1. The highest BCUT2D eigenvalue weighted by molar-refractivity contribution is 5.81. The first kappa shape index (κ1) is 16.7. The molecule has 1 amide bonds. The molecule has 112 valence electrons. The molecule has 0 aromatic heterocycles. The third-order valence-electron chi connectivity index (χ3n) is 3.67. The van der Waals surface area contributed by atoms with Gasteiger partial charge in [-0.25, -0.2) is 0 Å². The number of nitrogens with zero attached hydrogens (tertiary/aromatic N) is 1. The number of benzene rings is 1. The average Bonchev–Trinajstić information content (AvgIpc) is 2.38. The van der Waals surface area contributed by atoms with E-state index in [0.717, 1.165) is 31.4 Å². The van der Waals surface area contributed by atoms with Crippen molar-refractivity contribution >= 4 is 5.91 Å². The Balaban J connectivity index is 2.70. The molecule has 1 atom stereocenters. The molecule has 0 unspecified atom stereocenters. The average molecular weight is 276 g/mol. The van der Waals surface area contributed by atoms with Crippen molar-refractivity contribution in [2.75, 3.05) is 20.6 Å². The summed E-state index contributed by atoms with van der Waals surface area (Å²) in [6.45, 7) is 5.38. The van der Waals surface area contributed by atoms with Crippen LogP contribution in [-0.4, -0.2) is 31.4 Å². The summed E-state index contributed by atoms with van der Waals surface area (Å²) in [5.41, 5.74) is 7.92. The minimum atomic E-state index is -0.212. The van der Waals surface area contributed by atoms with Crippen molar-refractivity contribution in [2.24, 2.45) is 5.73 Å². The number of hydrogen-bond donors (Lipinski definition) is 1. The molecular formula is C17H28N2O. The Labute approximate surface area is 123 Å². The van der Waals surface area contributed by atoms with Crippen LogP contribution in [0.15, 0.2) is 24.3 Å². The van der Waals surface area contributed by atoms with Crippen LogP contribution in [0.5, 0.6) is 0 Å². The van der Waals surface area contributed by atoms with Gasteiger partial charge >= 0.3 is 0 Å². The maximum Gasteiger partial charge on any atom is 0.224 e. The van der Waals surface area contributed by atoms with Crippen LogP contribution < -0.4 is 5.73 Å². The van der Waals surface area contributed by atoms with Crippen molar-refractivity contribution in [3.8, 4) is 0 Å². The van der Waals surface area contributed by atoms with E-state index >= 15 is 0 Å². The molecule has 0 heterocycles. The largest absolute Gasteiger partial charge is 0.369 e. The minimum Gasteiger partial charge on any atom is -0.369 e. The summed E-state index contributed by atoms with van der Waals surface area (Å²) in [6.07, 6.45) is 2.96. The Morgan fingerprint density at radius 3 is 2.40 bits per heavy atom. The number of carbonyl (C=O) groups is 1. The predicted octanol–water partition coefficient (Wildman–Crippen LogP) is 3.11. The van der Waals surface area contributed by atoms with Gasteiger partial charge in [0.1, 0.15) is 0 Å². The van der Waals surface area contributed by atoms with E-state index in [-0.39, 0.29) is 11.8 Å². The maximum absolute atomic E-state index is 11.7. The van der Waals surface area contributed by atoms with Crippen LogP contribution >= 0.6 is 0 Å². The van der Waals surface area contributed by atoms with Crippen molar-refractivity contribution in [3.05, 3.63) is 35.4 Å². The molecule has 2 N–H and O–H groups in total. The SMILES string of the molecule is CC(C)c1cccc([C@@H](CCCCN(C)C)C(N)=O)c1. The maximum atomic E-state index is 11.7. The summed E-state index contributed by atoms with van der Waals surface area (Å²) in [5, 5.41) is 0. The molecule has 0 fully saturated rings. The second-order valence-electron chi connectivity index (χ2n) is 6.08. The molecule has 0 aliphatic carbocycles. The van der Waals surface area contributed by atoms with Crippen LogP contribution in [0.1, 0.15) is 56.1 Å². The van der Waals surface area contributed by atoms with Gasteiger partial charge in [-0.05, 0) is 50.5 Å². The predicted molar refractivity (Wildman–Crippen MR) is 84.9 cm³/mol. The smallest absolute Gasteiger partial charge is 0.224 e. The van der Waals surface area contributed by atoms with Crippen LogP contribution in [0, 0.1) is 0 Å². The molecule has 0 radical (unpaired) electrons. The fourth-order valence-corrected chi connectivity index (χ4v) is 2.38. The van der Waals surface area contributed by atoms with Crippen LogP contribution in [0.2, 0.25) is 0 Å². The van der Waals surface area contributed by atoms with Crippen LogP contribution in [0.4, 0.5) is 0 Å². The third-order valence-corrected chi connectivity index (χ3v) is 3.67. The van der Waals surface area contributed by atoms with E-state index in [9.17, 15) is 4.79 Å². The second kappa shape index (κ2) is 8.05. The van der Waals surface area contributed by atoms with Gasteiger partial charge in [0.15, 0.2) is 0 Å². The molecule has 0 aliphatic heterocycles. The van der Waals surface area contributed by atoms with Crippen LogP contribution in [0.25, 0.3) is 0 Å². The highest BCUT2D eigenvalue weighted by atomic mass is 16.1. The summed E-state index contributed by atoms with van der Waals surface area (Å²) >= 11 is 0. The zero-order chi connectivity index (χ0) is 15.1. The minimum absolute atomic E-state index is 0.157. The molecule has 1 aromatic rings. The zero-order valence-electron chi connectivity index (χ0n) is 13.2. The lowest BCUT2D eigenvalue weighted by Gasteiger charge is -2.16. The normalized spacial score (nSPS) is 12.9. The van der Waals surface area contributed by atoms with Crippen molar-refractivity contribution in [1.82, 2.24) is 4.90 Å². The Morgan fingerprint density at radius 1 is 1.20 bits per heavy atom. The summed E-state index contributed by atoms with van der Waals surface area (Å²) in [6, 6.07) is 8.29. The summed E-state index contributed by atoms with van der Waals surface area (Å²) in [7, 11) is 4.13. The summed E-state index contributed by atoms with van der Waals surface area (Å²) in [4.78, 5) is 13.9. The standard InChI is InChI=1S/C17H28N2O/c1-13(2)14-8-7-9-15(12-14)16(17(18)20)10-5-6-11-19(3)4/h7-9,12-13,16H,5-6,10-11H2,1-4H3,(H2,18,20)/t16-/m1/s1. The molecular weight excluding hydrogens is 248 g/mol. The van der Waals surface area contributed by atoms with Crippen LogP contribution in [0.3, 0.4) is 0 Å². The Hall–Kier alpha value is -1.35. The Kier molecular flexibility index (Phi) is 6.73. The molecule has 0 aliphatic rings. The van der Waals surface area contributed by atoms with Gasteiger partial charge in [0, 0.05) is 0 Å². The highest BCUT2D eigenvalue weighted by Gasteiger charge is 2.18. The van der Waals surface area contributed by atoms with E-state index in [2.05, 4.69) is 45.0 Å². The molecule has 20 heavy (non-hydrogen) atoms. The quantitative estimate of drug-likeness (QED) is 0.742.